The van der Waals surface area contributed by atoms with Crippen molar-refractivity contribution in [3.8, 4) is 0 Å². The minimum atomic E-state index is -0.506. The molecule has 0 fully saturated rings. The van der Waals surface area contributed by atoms with E-state index in [1.807, 2.05) is 121 Å². The number of carbonyl (C=O) groups excluding carboxylic acids is 2. The van der Waals surface area contributed by atoms with Crippen LogP contribution in [-0.4, -0.2) is 31.1 Å². The van der Waals surface area contributed by atoms with Crippen molar-refractivity contribution in [3.05, 3.63) is 161 Å². The molecule has 6 aromatic rings. The third-order valence-corrected chi connectivity index (χ3v) is 7.08. The molecule has 0 atom stereocenters. The van der Waals surface area contributed by atoms with E-state index in [9.17, 15) is 9.59 Å². The second-order valence-corrected chi connectivity index (χ2v) is 9.64. The van der Waals surface area contributed by atoms with Crippen LogP contribution in [0.2, 0.25) is 0 Å². The van der Waals surface area contributed by atoms with E-state index in [1.54, 1.807) is 10.5 Å². The summed E-state index contributed by atoms with van der Waals surface area (Å²) in [4.78, 5) is 32.5. The van der Waals surface area contributed by atoms with Crippen molar-refractivity contribution in [2.45, 2.75) is 18.3 Å². The highest BCUT2D eigenvalue weighted by Crippen LogP contribution is 2.28. The van der Waals surface area contributed by atoms with Crippen molar-refractivity contribution in [2.75, 3.05) is 0 Å². The van der Waals surface area contributed by atoms with Crippen LogP contribution >= 0.6 is 0 Å². The van der Waals surface area contributed by atoms with E-state index < -0.39 is 11.8 Å². The SMILES string of the molecule is O=C(/C=c1\c(CC(=O)C(c2ccccc2)c2ccccc2)nc2nncn12)C(c1ccccc1)c1ccccc1. The highest BCUT2D eigenvalue weighted by atomic mass is 16.1. The summed E-state index contributed by atoms with van der Waals surface area (Å²) in [6.45, 7) is 0. The Morgan fingerprint density at radius 2 is 1.10 bits per heavy atom. The van der Waals surface area contributed by atoms with Crippen LogP contribution in [0.25, 0.3) is 11.9 Å². The van der Waals surface area contributed by atoms with Gasteiger partial charge in [-0.2, -0.15) is 0 Å². The number of rotatable bonds is 9. The van der Waals surface area contributed by atoms with E-state index >= 15 is 0 Å². The molecule has 2 heterocycles. The van der Waals surface area contributed by atoms with E-state index in [0.29, 0.717) is 16.8 Å². The Kier molecular flexibility index (Phi) is 7.05. The van der Waals surface area contributed by atoms with Gasteiger partial charge in [-0.05, 0) is 22.3 Å². The summed E-state index contributed by atoms with van der Waals surface area (Å²) in [6, 6.07) is 38.9. The first-order chi connectivity index (χ1) is 19.7. The molecule has 0 radical (unpaired) electrons. The van der Waals surface area contributed by atoms with Gasteiger partial charge in [0.15, 0.2) is 11.6 Å². The largest absolute Gasteiger partial charge is 0.298 e. The van der Waals surface area contributed by atoms with Gasteiger partial charge in [0.05, 0.1) is 29.3 Å². The summed E-state index contributed by atoms with van der Waals surface area (Å²) in [7, 11) is 0. The molecular formula is C34H26N4O2. The molecule has 6 rings (SSSR count). The zero-order chi connectivity index (χ0) is 27.3. The molecule has 0 aliphatic heterocycles. The second kappa shape index (κ2) is 11.3. The fraction of sp³-hybridized carbons (Fsp3) is 0.0882. The van der Waals surface area contributed by atoms with Gasteiger partial charge in [0.1, 0.15) is 6.33 Å². The van der Waals surface area contributed by atoms with Crippen LogP contribution < -0.4 is 5.35 Å². The molecule has 0 spiro atoms. The summed E-state index contributed by atoms with van der Waals surface area (Å²) in [6.07, 6.45) is 3.15. The molecule has 0 saturated heterocycles. The number of hydrogen-bond donors (Lipinski definition) is 0. The standard InChI is InChI=1S/C34H26N4O2/c39-30(32(24-13-5-1-6-14-24)25-15-7-2-8-16-25)21-28-29(38-23-35-37-34(38)36-28)22-31(40)33(26-17-9-3-10-18-26)27-19-11-4-12-20-27/h1-20,22-23,32-33H,21H2/b29-22+. The number of benzene rings is 4. The zero-order valence-corrected chi connectivity index (χ0v) is 21.7. The van der Waals surface area contributed by atoms with Crippen molar-refractivity contribution in [1.29, 1.82) is 0 Å². The van der Waals surface area contributed by atoms with Crippen molar-refractivity contribution in [2.24, 2.45) is 0 Å². The molecule has 2 aromatic heterocycles. The summed E-state index contributed by atoms with van der Waals surface area (Å²) in [5.74, 6) is -0.746. The van der Waals surface area contributed by atoms with Crippen molar-refractivity contribution >= 4 is 23.4 Å². The summed E-state index contributed by atoms with van der Waals surface area (Å²) in [5.41, 5.74) is 4.10. The lowest BCUT2D eigenvalue weighted by atomic mass is 9.85. The fourth-order valence-electron chi connectivity index (χ4n) is 5.23. The molecule has 0 N–H and O–H groups in total. The molecule has 0 unspecified atom stereocenters. The Morgan fingerprint density at radius 1 is 0.650 bits per heavy atom. The molecule has 6 heteroatoms. The summed E-state index contributed by atoms with van der Waals surface area (Å²) >= 11 is 0. The molecular weight excluding hydrogens is 496 g/mol. The lowest BCUT2D eigenvalue weighted by molar-refractivity contribution is -0.119. The average Bonchev–Trinajstić information content (AvgIpc) is 3.58. The first kappa shape index (κ1) is 25.1. The third-order valence-electron chi connectivity index (χ3n) is 7.08. The van der Waals surface area contributed by atoms with Gasteiger partial charge in [-0.25, -0.2) is 4.98 Å². The average molecular weight is 523 g/mol. The fourth-order valence-corrected chi connectivity index (χ4v) is 5.23. The molecule has 0 aliphatic rings. The topological polar surface area (TPSA) is 77.2 Å². The van der Waals surface area contributed by atoms with Gasteiger partial charge in [-0.3, -0.25) is 14.0 Å². The van der Waals surface area contributed by atoms with Crippen LogP contribution in [0.4, 0.5) is 0 Å². The number of ketones is 2. The predicted molar refractivity (Wildman–Crippen MR) is 154 cm³/mol. The number of aromatic nitrogens is 4. The number of hydrogen-bond acceptors (Lipinski definition) is 5. The Bertz CT molecular complexity index is 1720. The minimum absolute atomic E-state index is 0.0177. The van der Waals surface area contributed by atoms with E-state index in [4.69, 9.17) is 0 Å². The molecule has 4 aromatic carbocycles. The first-order valence-electron chi connectivity index (χ1n) is 13.2. The Balaban J connectivity index is 1.42. The smallest absolute Gasteiger partial charge is 0.255 e. The Hall–Kier alpha value is -5.23. The quantitative estimate of drug-likeness (QED) is 0.268. The first-order valence-corrected chi connectivity index (χ1v) is 13.2. The van der Waals surface area contributed by atoms with Gasteiger partial charge in [-0.1, -0.05) is 121 Å². The van der Waals surface area contributed by atoms with Gasteiger partial charge >= 0.3 is 0 Å². The van der Waals surface area contributed by atoms with Gasteiger partial charge in [0.2, 0.25) is 0 Å². The third kappa shape index (κ3) is 5.07. The number of imidazole rings is 1. The number of fused-ring (bicyclic) bond motifs is 1. The Labute approximate surface area is 231 Å². The molecule has 0 amide bonds. The lowest BCUT2D eigenvalue weighted by Crippen LogP contribution is -2.24. The monoisotopic (exact) mass is 522 g/mol. The molecule has 0 aliphatic carbocycles. The molecule has 0 saturated carbocycles. The number of carbonyl (C=O) groups is 2. The molecule has 194 valence electrons. The summed E-state index contributed by atoms with van der Waals surface area (Å²) in [5, 5.41) is 8.59. The van der Waals surface area contributed by atoms with Gasteiger partial charge < -0.3 is 0 Å². The highest BCUT2D eigenvalue weighted by Gasteiger charge is 2.26. The molecule has 40 heavy (non-hydrogen) atoms. The second-order valence-electron chi connectivity index (χ2n) is 9.64. The van der Waals surface area contributed by atoms with Gasteiger partial charge in [-0.15, -0.1) is 10.2 Å². The van der Waals surface area contributed by atoms with Crippen LogP contribution in [0.3, 0.4) is 0 Å². The van der Waals surface area contributed by atoms with Crippen molar-refractivity contribution < 1.29 is 9.59 Å². The van der Waals surface area contributed by atoms with Crippen LogP contribution in [0.5, 0.6) is 0 Å². The number of Topliss-reactive ketones (excluding diaryl/α,β-unsaturated/α-hetero) is 2. The summed E-state index contributed by atoms with van der Waals surface area (Å²) < 4.78 is 1.67. The minimum Gasteiger partial charge on any atom is -0.298 e. The normalized spacial score (nSPS) is 11.9. The van der Waals surface area contributed by atoms with E-state index in [-0.39, 0.29) is 18.0 Å². The van der Waals surface area contributed by atoms with Crippen LogP contribution in [0.1, 0.15) is 39.8 Å². The van der Waals surface area contributed by atoms with Gasteiger partial charge in [0, 0.05) is 6.08 Å². The van der Waals surface area contributed by atoms with Crippen LogP contribution in [-0.2, 0) is 16.0 Å². The van der Waals surface area contributed by atoms with Crippen LogP contribution in [0, 0.1) is 0 Å². The van der Waals surface area contributed by atoms with Crippen molar-refractivity contribution in [1.82, 2.24) is 19.6 Å². The highest BCUT2D eigenvalue weighted by molar-refractivity contribution is 6.11. The molecule has 6 nitrogen and oxygen atoms in total. The van der Waals surface area contributed by atoms with Crippen LogP contribution in [0.15, 0.2) is 128 Å². The Morgan fingerprint density at radius 3 is 1.57 bits per heavy atom. The van der Waals surface area contributed by atoms with E-state index in [2.05, 4.69) is 15.2 Å². The lowest BCUT2D eigenvalue weighted by Gasteiger charge is -2.17. The maximum Gasteiger partial charge on any atom is 0.255 e. The maximum absolute atomic E-state index is 14.0. The molecule has 0 bridgehead atoms. The maximum atomic E-state index is 14.0. The van der Waals surface area contributed by atoms with Gasteiger partial charge in [0.25, 0.3) is 5.78 Å². The van der Waals surface area contributed by atoms with E-state index in [0.717, 1.165) is 22.3 Å². The predicted octanol–water partition coefficient (Wildman–Crippen LogP) is 4.97. The number of nitrogens with zero attached hydrogens (tertiary/aromatic N) is 4. The van der Waals surface area contributed by atoms with Crippen molar-refractivity contribution in [3.63, 3.8) is 0 Å². The van der Waals surface area contributed by atoms with E-state index in [1.165, 1.54) is 6.33 Å². The zero-order valence-electron chi connectivity index (χ0n) is 21.7.